The molecular weight excluding hydrogens is 378 g/mol. The molecule has 1 atom stereocenters. The summed E-state index contributed by atoms with van der Waals surface area (Å²) in [6, 6.07) is 14.5. The highest BCUT2D eigenvalue weighted by molar-refractivity contribution is 6.31. The van der Waals surface area contributed by atoms with Crippen LogP contribution in [-0.4, -0.2) is 51.1 Å². The average Bonchev–Trinajstić information content (AvgIpc) is 3.02. The second-order valence-electron chi connectivity index (χ2n) is 7.12. The number of ether oxygens (including phenoxy) is 1. The van der Waals surface area contributed by atoms with Gasteiger partial charge >= 0.3 is 0 Å². The Bertz CT molecular complexity index is 896. The van der Waals surface area contributed by atoms with Crippen molar-refractivity contribution in [1.29, 1.82) is 0 Å². The first kappa shape index (κ1) is 18.8. The molecule has 0 spiro atoms. The van der Waals surface area contributed by atoms with Crippen LogP contribution >= 0.6 is 11.6 Å². The molecule has 6 nitrogen and oxygen atoms in total. The molecule has 0 aliphatic carbocycles. The molecule has 28 heavy (non-hydrogen) atoms. The van der Waals surface area contributed by atoms with E-state index < -0.39 is 0 Å². The number of benzene rings is 2. The van der Waals surface area contributed by atoms with Gasteiger partial charge in [0.25, 0.3) is 5.91 Å². The molecule has 2 aliphatic heterocycles. The third kappa shape index (κ3) is 3.45. The van der Waals surface area contributed by atoms with Gasteiger partial charge in [0.2, 0.25) is 5.91 Å². The van der Waals surface area contributed by atoms with Crippen LogP contribution in [0.2, 0.25) is 5.02 Å². The van der Waals surface area contributed by atoms with Gasteiger partial charge in [-0.3, -0.25) is 9.59 Å². The minimum atomic E-state index is -0.327. The third-order valence-electron chi connectivity index (χ3n) is 5.54. The number of imide groups is 1. The van der Waals surface area contributed by atoms with Gasteiger partial charge in [0, 0.05) is 5.02 Å². The minimum Gasteiger partial charge on any atom is -0.495 e. The molecule has 2 aromatic rings. The molecule has 0 unspecified atom stereocenters. The second kappa shape index (κ2) is 7.81. The number of piperazine rings is 1. The third-order valence-corrected chi connectivity index (χ3v) is 5.77. The number of rotatable bonds is 4. The predicted molar refractivity (Wildman–Crippen MR) is 108 cm³/mol. The van der Waals surface area contributed by atoms with Crippen LogP contribution in [0.15, 0.2) is 48.5 Å². The van der Waals surface area contributed by atoms with Crippen molar-refractivity contribution in [2.75, 3.05) is 43.1 Å². The summed E-state index contributed by atoms with van der Waals surface area (Å²) in [7, 11) is 1.67. The minimum absolute atomic E-state index is 0.131. The molecule has 2 amide bonds. The molecule has 7 heteroatoms. The summed E-state index contributed by atoms with van der Waals surface area (Å²) in [5, 5.41) is 0.513. The van der Waals surface area contributed by atoms with E-state index in [4.69, 9.17) is 16.3 Å². The van der Waals surface area contributed by atoms with Crippen LogP contribution in [0, 0.1) is 0 Å². The van der Waals surface area contributed by atoms with Gasteiger partial charge < -0.3 is 14.5 Å². The Morgan fingerprint density at radius 3 is 2.54 bits per heavy atom. The van der Waals surface area contributed by atoms with E-state index in [1.165, 1.54) is 4.90 Å². The van der Waals surface area contributed by atoms with Crippen molar-refractivity contribution < 1.29 is 19.2 Å². The number of carbonyl (C=O) groups excluding carboxylic acids is 2. The topological polar surface area (TPSA) is 54.3 Å². The zero-order valence-electron chi connectivity index (χ0n) is 15.7. The van der Waals surface area contributed by atoms with E-state index in [9.17, 15) is 9.59 Å². The summed E-state index contributed by atoms with van der Waals surface area (Å²) in [6.45, 7) is 3.21. The van der Waals surface area contributed by atoms with Crippen LogP contribution < -0.4 is 19.4 Å². The predicted octanol–water partition coefficient (Wildman–Crippen LogP) is 1.39. The molecule has 2 saturated heterocycles. The number of hydrogen-bond acceptors (Lipinski definition) is 4. The van der Waals surface area contributed by atoms with Gasteiger partial charge in [0.05, 0.1) is 51.1 Å². The highest BCUT2D eigenvalue weighted by Crippen LogP contribution is 2.28. The Kier molecular flexibility index (Phi) is 5.24. The average molecular weight is 401 g/mol. The number of amides is 2. The van der Waals surface area contributed by atoms with Crippen molar-refractivity contribution in [2.45, 2.75) is 12.5 Å². The van der Waals surface area contributed by atoms with Crippen molar-refractivity contribution in [1.82, 2.24) is 0 Å². The molecular formula is C21H23ClN3O3+. The van der Waals surface area contributed by atoms with Gasteiger partial charge in [-0.15, -0.1) is 0 Å². The van der Waals surface area contributed by atoms with Crippen LogP contribution in [-0.2, 0) is 9.59 Å². The van der Waals surface area contributed by atoms with Crippen molar-refractivity contribution >= 4 is 34.8 Å². The van der Waals surface area contributed by atoms with Crippen LogP contribution in [0.1, 0.15) is 6.42 Å². The molecule has 0 bridgehead atoms. The maximum absolute atomic E-state index is 13.0. The first-order chi connectivity index (χ1) is 13.6. The maximum atomic E-state index is 13.0. The number of anilines is 2. The lowest BCUT2D eigenvalue weighted by Gasteiger charge is -2.36. The smallest absolute Gasteiger partial charge is 0.292 e. The van der Waals surface area contributed by atoms with Gasteiger partial charge in [-0.2, -0.15) is 0 Å². The molecule has 2 aromatic carbocycles. The van der Waals surface area contributed by atoms with Gasteiger partial charge in [0.15, 0.2) is 6.04 Å². The number of nitrogens with one attached hydrogen (secondary N) is 1. The number of halogens is 1. The number of hydrogen-bond donors (Lipinski definition) is 1. The standard InChI is InChI=1S/C21H22ClN3O3/c1-28-19-8-3-2-7-17(19)23-9-11-24(12-10-23)18-14-20(26)25(21(18)27)16-6-4-5-15(22)13-16/h2-8,13,18H,9-12,14H2,1H3/p+1/t18-/m0/s1. The molecule has 0 saturated carbocycles. The summed E-state index contributed by atoms with van der Waals surface area (Å²) >= 11 is 6.03. The lowest BCUT2D eigenvalue weighted by atomic mass is 10.1. The monoisotopic (exact) mass is 400 g/mol. The largest absolute Gasteiger partial charge is 0.495 e. The quantitative estimate of drug-likeness (QED) is 0.788. The van der Waals surface area contributed by atoms with E-state index in [2.05, 4.69) is 11.0 Å². The molecule has 146 valence electrons. The summed E-state index contributed by atoms with van der Waals surface area (Å²) in [4.78, 5) is 30.3. The zero-order valence-corrected chi connectivity index (χ0v) is 16.5. The van der Waals surface area contributed by atoms with Crippen molar-refractivity contribution in [3.63, 3.8) is 0 Å². The van der Waals surface area contributed by atoms with Crippen LogP contribution in [0.25, 0.3) is 0 Å². The van der Waals surface area contributed by atoms with Crippen molar-refractivity contribution in [3.8, 4) is 5.75 Å². The van der Waals surface area contributed by atoms with Gasteiger partial charge in [-0.25, -0.2) is 4.90 Å². The Hall–Kier alpha value is -2.57. The van der Waals surface area contributed by atoms with E-state index in [0.29, 0.717) is 10.7 Å². The zero-order chi connectivity index (χ0) is 19.7. The van der Waals surface area contributed by atoms with Gasteiger partial charge in [0.1, 0.15) is 5.75 Å². The Morgan fingerprint density at radius 2 is 1.82 bits per heavy atom. The van der Waals surface area contributed by atoms with E-state index in [1.807, 2.05) is 18.2 Å². The van der Waals surface area contributed by atoms with E-state index in [0.717, 1.165) is 42.5 Å². The SMILES string of the molecule is COc1ccccc1N1CC[NH+]([C@H]2CC(=O)N(c3cccc(Cl)c3)C2=O)CC1. The lowest BCUT2D eigenvalue weighted by Crippen LogP contribution is -3.19. The molecule has 0 aromatic heterocycles. The number of quaternary nitrogens is 1. The summed E-state index contributed by atoms with van der Waals surface area (Å²) in [5.74, 6) is 0.565. The number of para-hydroxylation sites is 2. The fourth-order valence-electron chi connectivity index (χ4n) is 4.11. The first-order valence-electron chi connectivity index (χ1n) is 9.43. The van der Waals surface area contributed by atoms with Crippen LogP contribution in [0.4, 0.5) is 11.4 Å². The molecule has 2 heterocycles. The fourth-order valence-corrected chi connectivity index (χ4v) is 4.30. The Balaban J connectivity index is 1.45. The highest BCUT2D eigenvalue weighted by Gasteiger charge is 2.46. The normalized spacial score (nSPS) is 20.7. The first-order valence-corrected chi connectivity index (χ1v) is 9.81. The maximum Gasteiger partial charge on any atom is 0.292 e. The van der Waals surface area contributed by atoms with Crippen molar-refractivity contribution in [2.24, 2.45) is 0 Å². The number of nitrogens with zero attached hydrogens (tertiary/aromatic N) is 2. The second-order valence-corrected chi connectivity index (χ2v) is 7.56. The number of carbonyl (C=O) groups is 2. The summed E-state index contributed by atoms with van der Waals surface area (Å²) < 4.78 is 5.46. The summed E-state index contributed by atoms with van der Waals surface area (Å²) in [5.41, 5.74) is 1.62. The molecule has 4 rings (SSSR count). The summed E-state index contributed by atoms with van der Waals surface area (Å²) in [6.07, 6.45) is 0.245. The fraction of sp³-hybridized carbons (Fsp3) is 0.333. The highest BCUT2D eigenvalue weighted by atomic mass is 35.5. The molecule has 2 fully saturated rings. The van der Waals surface area contributed by atoms with Crippen LogP contribution in [0.3, 0.4) is 0 Å². The van der Waals surface area contributed by atoms with E-state index in [-0.39, 0.29) is 24.3 Å². The lowest BCUT2D eigenvalue weighted by molar-refractivity contribution is -0.915. The van der Waals surface area contributed by atoms with Gasteiger partial charge in [-0.1, -0.05) is 29.8 Å². The van der Waals surface area contributed by atoms with E-state index >= 15 is 0 Å². The Labute approximate surface area is 169 Å². The van der Waals surface area contributed by atoms with Crippen LogP contribution in [0.5, 0.6) is 5.75 Å². The number of methoxy groups -OCH3 is 1. The molecule has 1 N–H and O–H groups in total. The molecule has 2 aliphatic rings. The Morgan fingerprint density at radius 1 is 1.07 bits per heavy atom. The molecule has 0 radical (unpaired) electrons. The van der Waals surface area contributed by atoms with Crippen molar-refractivity contribution in [3.05, 3.63) is 53.6 Å². The van der Waals surface area contributed by atoms with Gasteiger partial charge in [-0.05, 0) is 30.3 Å². The van der Waals surface area contributed by atoms with E-state index in [1.54, 1.807) is 31.4 Å².